The maximum Gasteiger partial charge on any atom is 0.191 e. The van der Waals surface area contributed by atoms with Gasteiger partial charge in [-0.25, -0.2) is 0 Å². The van der Waals surface area contributed by atoms with Gasteiger partial charge >= 0.3 is 0 Å². The van der Waals surface area contributed by atoms with Crippen LogP contribution in [-0.4, -0.2) is 49.0 Å². The molecule has 0 spiro atoms. The van der Waals surface area contributed by atoms with Gasteiger partial charge in [0.1, 0.15) is 0 Å². The highest BCUT2D eigenvalue weighted by Crippen LogP contribution is 2.33. The van der Waals surface area contributed by atoms with E-state index in [1.807, 2.05) is 6.92 Å². The van der Waals surface area contributed by atoms with Crippen molar-refractivity contribution in [1.82, 2.24) is 10.6 Å². The molecule has 17 heavy (non-hydrogen) atoms. The first-order valence-electron chi connectivity index (χ1n) is 6.08. The second-order valence-corrected chi connectivity index (χ2v) is 4.57. The molecule has 0 unspecified atom stereocenters. The minimum Gasteiger partial charge on any atom is -0.388 e. The fourth-order valence-corrected chi connectivity index (χ4v) is 2.18. The van der Waals surface area contributed by atoms with Crippen LogP contribution in [0.2, 0.25) is 0 Å². The van der Waals surface area contributed by atoms with E-state index in [0.29, 0.717) is 6.54 Å². The fourth-order valence-electron chi connectivity index (χ4n) is 2.18. The van der Waals surface area contributed by atoms with Gasteiger partial charge in [-0.3, -0.25) is 4.99 Å². The number of nitrogens with zero attached hydrogens (tertiary/aromatic N) is 1. The predicted molar refractivity (Wildman–Crippen MR) is 77.9 cm³/mol. The van der Waals surface area contributed by atoms with Gasteiger partial charge in [-0.2, -0.15) is 0 Å². The molecule has 1 aliphatic heterocycles. The van der Waals surface area contributed by atoms with E-state index in [-0.39, 0.29) is 30.1 Å². The van der Waals surface area contributed by atoms with Crippen molar-refractivity contribution in [2.75, 3.05) is 26.2 Å². The van der Waals surface area contributed by atoms with E-state index in [9.17, 15) is 5.11 Å². The minimum absolute atomic E-state index is 0. The Morgan fingerprint density at radius 3 is 2.94 bits per heavy atom. The highest BCUT2D eigenvalue weighted by Gasteiger charge is 2.43. The summed E-state index contributed by atoms with van der Waals surface area (Å²) < 4.78 is 5.43. The van der Waals surface area contributed by atoms with Crippen molar-refractivity contribution >= 4 is 29.9 Å². The Labute approximate surface area is 119 Å². The zero-order chi connectivity index (χ0) is 11.4. The average Bonchev–Trinajstić information content (AvgIpc) is 2.26. The highest BCUT2D eigenvalue weighted by atomic mass is 127. The van der Waals surface area contributed by atoms with Gasteiger partial charge in [0.15, 0.2) is 5.96 Å². The summed E-state index contributed by atoms with van der Waals surface area (Å²) in [6.07, 6.45) is 2.77. The molecule has 0 aromatic heterocycles. The van der Waals surface area contributed by atoms with Gasteiger partial charge in [0.2, 0.25) is 0 Å². The van der Waals surface area contributed by atoms with E-state index in [1.54, 1.807) is 0 Å². The van der Waals surface area contributed by atoms with E-state index in [1.165, 1.54) is 0 Å². The van der Waals surface area contributed by atoms with Gasteiger partial charge in [-0.15, -0.1) is 24.0 Å². The van der Waals surface area contributed by atoms with Crippen LogP contribution >= 0.6 is 24.0 Å². The maximum atomic E-state index is 10.1. The van der Waals surface area contributed by atoms with E-state index >= 15 is 0 Å². The molecule has 0 atom stereocenters. The second-order valence-electron chi connectivity index (χ2n) is 4.57. The van der Waals surface area contributed by atoms with Gasteiger partial charge in [-0.05, 0) is 13.3 Å². The lowest BCUT2D eigenvalue weighted by atomic mass is 9.77. The summed E-state index contributed by atoms with van der Waals surface area (Å²) >= 11 is 0. The van der Waals surface area contributed by atoms with E-state index < -0.39 is 5.60 Å². The molecule has 1 heterocycles. The van der Waals surface area contributed by atoms with Crippen molar-refractivity contribution in [3.63, 3.8) is 0 Å². The molecule has 1 aliphatic carbocycles. The summed E-state index contributed by atoms with van der Waals surface area (Å²) in [6.45, 7) is 5.10. The molecule has 0 radical (unpaired) electrons. The second kappa shape index (κ2) is 6.75. The molecule has 1 fully saturated rings. The number of guanidine groups is 1. The molecule has 0 aromatic rings. The van der Waals surface area contributed by atoms with Gasteiger partial charge in [0.05, 0.1) is 11.7 Å². The molecule has 3 N–H and O–H groups in total. The zero-order valence-corrected chi connectivity index (χ0v) is 12.6. The molecule has 0 aromatic carbocycles. The van der Waals surface area contributed by atoms with E-state index in [2.05, 4.69) is 15.6 Å². The number of aliphatic hydroxyl groups is 1. The lowest BCUT2D eigenvalue weighted by Gasteiger charge is -2.43. The van der Waals surface area contributed by atoms with E-state index in [0.717, 1.165) is 44.9 Å². The van der Waals surface area contributed by atoms with Crippen LogP contribution in [0.15, 0.2) is 4.99 Å². The molecule has 0 saturated heterocycles. The molecule has 2 rings (SSSR count). The number of aliphatic imine (C=N–C) groups is 1. The summed E-state index contributed by atoms with van der Waals surface area (Å²) in [5, 5.41) is 16.4. The first kappa shape index (κ1) is 15.0. The first-order valence-corrected chi connectivity index (χ1v) is 6.08. The summed E-state index contributed by atoms with van der Waals surface area (Å²) in [5.74, 6) is 0.819. The fraction of sp³-hybridized carbons (Fsp3) is 0.909. The summed E-state index contributed by atoms with van der Waals surface area (Å²) in [7, 11) is 0. The van der Waals surface area contributed by atoms with Crippen molar-refractivity contribution in [2.24, 2.45) is 4.99 Å². The number of hydrogen-bond donors (Lipinski definition) is 3. The van der Waals surface area contributed by atoms with Gasteiger partial charge in [-0.1, -0.05) is 0 Å². The normalized spacial score (nSPS) is 31.6. The average molecular weight is 355 g/mol. The molecular formula is C11H22IN3O2. The maximum absolute atomic E-state index is 10.1. The Bertz CT molecular complexity index is 267. The molecule has 100 valence electrons. The van der Waals surface area contributed by atoms with Crippen LogP contribution in [-0.2, 0) is 4.74 Å². The summed E-state index contributed by atoms with van der Waals surface area (Å²) in [6, 6.07) is 0. The largest absolute Gasteiger partial charge is 0.388 e. The lowest BCUT2D eigenvalue weighted by Crippen LogP contribution is -2.57. The number of hydrogen-bond acceptors (Lipinski definition) is 5. The lowest BCUT2D eigenvalue weighted by molar-refractivity contribution is -0.133. The topological polar surface area (TPSA) is 65.9 Å². The van der Waals surface area contributed by atoms with Gasteiger partial charge < -0.3 is 20.5 Å². The molecule has 0 amide bonds. The van der Waals surface area contributed by atoms with Crippen molar-refractivity contribution in [3.05, 3.63) is 0 Å². The molecule has 5 nitrogen and oxygen atoms in total. The van der Waals surface area contributed by atoms with Crippen LogP contribution in [0, 0.1) is 0 Å². The molecule has 2 aliphatic rings. The first-order chi connectivity index (χ1) is 7.72. The Morgan fingerprint density at radius 1 is 1.59 bits per heavy atom. The van der Waals surface area contributed by atoms with Gasteiger partial charge in [0, 0.05) is 39.1 Å². The van der Waals surface area contributed by atoms with Crippen molar-refractivity contribution in [2.45, 2.75) is 37.9 Å². The Kier molecular flexibility index (Phi) is 5.94. The third-order valence-electron chi connectivity index (χ3n) is 3.10. The standard InChI is InChI=1S/C11H21N3O2.HI/c1-2-16-9-6-11(15,7-9)8-14-10-12-4-3-5-13-10;/h9,15H,2-8H2,1H3,(H2,12,13,14);1H. The Balaban J connectivity index is 0.00000144. The van der Waals surface area contributed by atoms with Crippen molar-refractivity contribution < 1.29 is 9.84 Å². The minimum atomic E-state index is -0.610. The van der Waals surface area contributed by atoms with Crippen LogP contribution in [0.1, 0.15) is 26.2 Å². The third kappa shape index (κ3) is 4.26. The Hall–Kier alpha value is -0.0800. The van der Waals surface area contributed by atoms with Crippen LogP contribution in [0.25, 0.3) is 0 Å². The van der Waals surface area contributed by atoms with Crippen LogP contribution < -0.4 is 10.6 Å². The highest BCUT2D eigenvalue weighted by molar-refractivity contribution is 14.0. The molecule has 6 heteroatoms. The SMILES string of the molecule is CCOC1CC(O)(CNC2=NCCCN2)C1.I. The summed E-state index contributed by atoms with van der Waals surface area (Å²) in [5.41, 5.74) is -0.610. The van der Waals surface area contributed by atoms with Gasteiger partial charge in [0.25, 0.3) is 0 Å². The predicted octanol–water partition coefficient (Wildman–Crippen LogP) is 0.473. The van der Waals surface area contributed by atoms with Crippen molar-refractivity contribution in [1.29, 1.82) is 0 Å². The monoisotopic (exact) mass is 355 g/mol. The summed E-state index contributed by atoms with van der Waals surface area (Å²) in [4.78, 5) is 4.30. The smallest absolute Gasteiger partial charge is 0.191 e. The van der Waals surface area contributed by atoms with Crippen molar-refractivity contribution in [3.8, 4) is 0 Å². The third-order valence-corrected chi connectivity index (χ3v) is 3.10. The van der Waals surface area contributed by atoms with Crippen LogP contribution in [0.5, 0.6) is 0 Å². The number of nitrogens with one attached hydrogen (secondary N) is 2. The molecular weight excluding hydrogens is 333 g/mol. The Morgan fingerprint density at radius 2 is 2.35 bits per heavy atom. The molecule has 0 bridgehead atoms. The van der Waals surface area contributed by atoms with Crippen LogP contribution in [0.3, 0.4) is 0 Å². The van der Waals surface area contributed by atoms with Crippen LogP contribution in [0.4, 0.5) is 0 Å². The number of rotatable bonds is 4. The number of ether oxygens (including phenoxy) is 1. The number of halogens is 1. The quantitative estimate of drug-likeness (QED) is 0.642. The zero-order valence-electron chi connectivity index (χ0n) is 10.2. The van der Waals surface area contributed by atoms with E-state index in [4.69, 9.17) is 4.74 Å². The molecule has 1 saturated carbocycles.